The van der Waals surface area contributed by atoms with Gasteiger partial charge in [0.15, 0.2) is 0 Å². The maximum atomic E-state index is 8.96. The van der Waals surface area contributed by atoms with E-state index in [1.165, 1.54) is 25.7 Å². The standard InChI is InChI=1S/C10H25NO2Si/c1-3-4-5-6-8-11-9-7-10(2)14(12)13/h10-14H,3-9H2,1-2H3. The van der Waals surface area contributed by atoms with Gasteiger partial charge >= 0.3 is 9.28 Å². The molecule has 4 heteroatoms. The number of rotatable bonds is 9. The molecule has 0 bridgehead atoms. The molecular weight excluding hydrogens is 194 g/mol. The summed E-state index contributed by atoms with van der Waals surface area (Å²) in [6.45, 7) is 6.10. The Balaban J connectivity index is 3.06. The van der Waals surface area contributed by atoms with Gasteiger partial charge in [-0.25, -0.2) is 0 Å². The fourth-order valence-electron chi connectivity index (χ4n) is 1.28. The van der Waals surface area contributed by atoms with Crippen molar-refractivity contribution in [1.29, 1.82) is 0 Å². The molecule has 3 nitrogen and oxygen atoms in total. The van der Waals surface area contributed by atoms with E-state index in [0.717, 1.165) is 19.5 Å². The fourth-order valence-corrected chi connectivity index (χ4v) is 1.75. The molecule has 0 aromatic carbocycles. The van der Waals surface area contributed by atoms with Crippen LogP contribution in [0, 0.1) is 0 Å². The van der Waals surface area contributed by atoms with E-state index in [9.17, 15) is 0 Å². The lowest BCUT2D eigenvalue weighted by atomic mass is 10.2. The van der Waals surface area contributed by atoms with E-state index in [1.54, 1.807) is 0 Å². The van der Waals surface area contributed by atoms with Crippen LogP contribution in [0.2, 0.25) is 5.54 Å². The van der Waals surface area contributed by atoms with Crippen LogP contribution >= 0.6 is 0 Å². The molecule has 0 aliphatic heterocycles. The highest BCUT2D eigenvalue weighted by molar-refractivity contribution is 6.42. The van der Waals surface area contributed by atoms with E-state index in [-0.39, 0.29) is 5.54 Å². The lowest BCUT2D eigenvalue weighted by Gasteiger charge is -2.11. The Morgan fingerprint density at radius 3 is 2.43 bits per heavy atom. The van der Waals surface area contributed by atoms with Crippen LogP contribution in [0.3, 0.4) is 0 Å². The monoisotopic (exact) mass is 219 g/mol. The fraction of sp³-hybridized carbons (Fsp3) is 1.00. The van der Waals surface area contributed by atoms with Crippen LogP contribution in [0.15, 0.2) is 0 Å². The Kier molecular flexibility index (Phi) is 9.71. The van der Waals surface area contributed by atoms with Gasteiger partial charge in [0.1, 0.15) is 0 Å². The quantitative estimate of drug-likeness (QED) is 0.403. The second-order valence-corrected chi connectivity index (χ2v) is 5.96. The number of nitrogens with one attached hydrogen (secondary N) is 1. The van der Waals surface area contributed by atoms with Gasteiger partial charge in [-0.1, -0.05) is 33.1 Å². The lowest BCUT2D eigenvalue weighted by Crippen LogP contribution is -2.23. The summed E-state index contributed by atoms with van der Waals surface area (Å²) < 4.78 is 0. The Hall–Kier alpha value is 0.0969. The van der Waals surface area contributed by atoms with Crippen LogP contribution in [0.5, 0.6) is 0 Å². The van der Waals surface area contributed by atoms with Crippen LogP contribution in [0.1, 0.15) is 46.0 Å². The summed E-state index contributed by atoms with van der Waals surface area (Å²) in [5, 5.41) is 3.33. The van der Waals surface area contributed by atoms with Crippen molar-refractivity contribution in [2.24, 2.45) is 0 Å². The first kappa shape index (κ1) is 14.1. The van der Waals surface area contributed by atoms with Crippen molar-refractivity contribution >= 4 is 9.28 Å². The topological polar surface area (TPSA) is 52.5 Å². The predicted molar refractivity (Wildman–Crippen MR) is 62.6 cm³/mol. The zero-order chi connectivity index (χ0) is 10.8. The zero-order valence-corrected chi connectivity index (χ0v) is 10.7. The molecule has 0 aliphatic carbocycles. The van der Waals surface area contributed by atoms with Crippen LogP contribution in [-0.2, 0) is 0 Å². The summed E-state index contributed by atoms with van der Waals surface area (Å²) in [5.41, 5.74) is 0.109. The Morgan fingerprint density at radius 1 is 1.14 bits per heavy atom. The van der Waals surface area contributed by atoms with E-state index < -0.39 is 9.28 Å². The van der Waals surface area contributed by atoms with Crippen LogP contribution in [0.4, 0.5) is 0 Å². The average molecular weight is 219 g/mol. The maximum Gasteiger partial charge on any atom is 0.318 e. The van der Waals surface area contributed by atoms with Crippen molar-refractivity contribution in [3.05, 3.63) is 0 Å². The molecule has 0 saturated heterocycles. The molecule has 0 aliphatic rings. The molecule has 0 fully saturated rings. The molecule has 0 amide bonds. The van der Waals surface area contributed by atoms with Gasteiger partial charge < -0.3 is 14.9 Å². The number of hydrogen-bond acceptors (Lipinski definition) is 3. The average Bonchev–Trinajstić information content (AvgIpc) is 2.16. The third-order valence-corrected chi connectivity index (χ3v) is 3.84. The SMILES string of the molecule is CCCCCCNCCC(C)[SiH](O)O. The normalized spacial score (nSPS) is 13.5. The highest BCUT2D eigenvalue weighted by Crippen LogP contribution is 2.08. The van der Waals surface area contributed by atoms with Gasteiger partial charge in [-0.15, -0.1) is 0 Å². The summed E-state index contributed by atoms with van der Waals surface area (Å²) in [5.74, 6) is 0. The number of hydrogen-bond donors (Lipinski definition) is 3. The summed E-state index contributed by atoms with van der Waals surface area (Å²) in [7, 11) is -2.37. The van der Waals surface area contributed by atoms with Crippen LogP contribution in [-0.4, -0.2) is 32.0 Å². The van der Waals surface area contributed by atoms with E-state index in [2.05, 4.69) is 12.2 Å². The van der Waals surface area contributed by atoms with Crippen molar-refractivity contribution in [3.63, 3.8) is 0 Å². The Bertz CT molecular complexity index is 123. The molecule has 0 rings (SSSR count). The maximum absolute atomic E-state index is 8.96. The molecular formula is C10H25NO2Si. The molecule has 0 heterocycles. The Morgan fingerprint density at radius 2 is 1.86 bits per heavy atom. The van der Waals surface area contributed by atoms with Crippen LogP contribution in [0.25, 0.3) is 0 Å². The zero-order valence-electron chi connectivity index (χ0n) is 9.50. The van der Waals surface area contributed by atoms with Gasteiger partial charge in [0.25, 0.3) is 0 Å². The van der Waals surface area contributed by atoms with Crippen molar-refractivity contribution in [1.82, 2.24) is 5.32 Å². The highest BCUT2D eigenvalue weighted by atomic mass is 28.3. The minimum atomic E-state index is -2.37. The first-order valence-corrected chi connectivity index (χ1v) is 7.45. The predicted octanol–water partition coefficient (Wildman–Crippen LogP) is 1.14. The van der Waals surface area contributed by atoms with Crippen molar-refractivity contribution in [2.45, 2.75) is 51.5 Å². The number of unbranched alkanes of at least 4 members (excludes halogenated alkanes) is 3. The molecule has 3 N–H and O–H groups in total. The summed E-state index contributed by atoms with van der Waals surface area (Å²) >= 11 is 0. The van der Waals surface area contributed by atoms with Gasteiger partial charge in [-0.2, -0.15) is 0 Å². The first-order valence-electron chi connectivity index (χ1n) is 5.75. The van der Waals surface area contributed by atoms with Crippen molar-refractivity contribution in [3.8, 4) is 0 Å². The van der Waals surface area contributed by atoms with Crippen molar-refractivity contribution < 1.29 is 9.59 Å². The summed E-state index contributed by atoms with van der Waals surface area (Å²) in [6.07, 6.45) is 6.02. The van der Waals surface area contributed by atoms with E-state index in [4.69, 9.17) is 9.59 Å². The molecule has 0 radical (unpaired) electrons. The third kappa shape index (κ3) is 8.68. The molecule has 0 saturated carbocycles. The van der Waals surface area contributed by atoms with E-state index in [1.807, 2.05) is 6.92 Å². The molecule has 0 spiro atoms. The van der Waals surface area contributed by atoms with Crippen LogP contribution < -0.4 is 5.32 Å². The molecule has 0 aromatic rings. The first-order chi connectivity index (χ1) is 6.68. The third-order valence-electron chi connectivity index (χ3n) is 2.49. The molecule has 14 heavy (non-hydrogen) atoms. The van der Waals surface area contributed by atoms with E-state index >= 15 is 0 Å². The minimum Gasteiger partial charge on any atom is -0.413 e. The molecule has 0 aromatic heterocycles. The lowest BCUT2D eigenvalue weighted by molar-refractivity contribution is 0.382. The van der Waals surface area contributed by atoms with Gasteiger partial charge in [0.2, 0.25) is 0 Å². The van der Waals surface area contributed by atoms with Crippen molar-refractivity contribution in [2.75, 3.05) is 13.1 Å². The van der Waals surface area contributed by atoms with Gasteiger partial charge in [-0.05, 0) is 31.5 Å². The van der Waals surface area contributed by atoms with Gasteiger partial charge in [-0.3, -0.25) is 0 Å². The summed E-state index contributed by atoms with van der Waals surface area (Å²) in [4.78, 5) is 17.9. The summed E-state index contributed by atoms with van der Waals surface area (Å²) in [6, 6.07) is 0. The second kappa shape index (κ2) is 9.64. The molecule has 1 atom stereocenters. The van der Waals surface area contributed by atoms with Gasteiger partial charge in [0, 0.05) is 0 Å². The van der Waals surface area contributed by atoms with Gasteiger partial charge in [0.05, 0.1) is 0 Å². The molecule has 86 valence electrons. The molecule has 1 unspecified atom stereocenters. The highest BCUT2D eigenvalue weighted by Gasteiger charge is 2.12. The smallest absolute Gasteiger partial charge is 0.318 e. The minimum absolute atomic E-state index is 0.109. The second-order valence-electron chi connectivity index (χ2n) is 3.99. The Labute approximate surface area is 89.4 Å². The van der Waals surface area contributed by atoms with E-state index in [0.29, 0.717) is 0 Å². The largest absolute Gasteiger partial charge is 0.413 e.